The maximum absolute atomic E-state index is 12.4. The summed E-state index contributed by atoms with van der Waals surface area (Å²) < 4.78 is 90.2. The lowest BCUT2D eigenvalue weighted by Gasteiger charge is -2.11. The number of rotatable bonds is 9. The number of nitrogen functional groups attached to an aromatic ring is 1. The fourth-order valence-electron chi connectivity index (χ4n) is 2.33. The quantitative estimate of drug-likeness (QED) is 0.470. The van der Waals surface area contributed by atoms with Crippen LogP contribution < -0.4 is 11.1 Å². The number of nitrogens with two attached hydrogens (primary N) is 1. The molecule has 0 aliphatic heterocycles. The Labute approximate surface area is 191 Å². The van der Waals surface area contributed by atoms with Crippen molar-refractivity contribution in [2.24, 2.45) is 0 Å². The summed E-state index contributed by atoms with van der Waals surface area (Å²) in [6.45, 7) is 1.34. The minimum atomic E-state index is -3.16. The first-order valence-corrected chi connectivity index (χ1v) is 9.69. The number of carbonyl (C=O) groups excluding carboxylic acids is 1. The maximum atomic E-state index is 12.4. The molecule has 2 aromatic carbocycles. The van der Waals surface area contributed by atoms with Gasteiger partial charge in [0.15, 0.2) is 5.13 Å². The Bertz CT molecular complexity index is 1420. The molecule has 5 nitrogen and oxygen atoms in total. The molecular formula is C23H27N3O2S. The van der Waals surface area contributed by atoms with E-state index in [-0.39, 0.29) is 41.2 Å². The highest BCUT2D eigenvalue weighted by Gasteiger charge is 2.08. The molecule has 6 heteroatoms. The van der Waals surface area contributed by atoms with E-state index in [0.717, 1.165) is 11.3 Å². The SMILES string of the molecule is [2H]c1c([2H])c([C@@]([2H])(O)C([2H])([2H])CCCc2c([2H])c([2H])c(NC(=O)Cc3csc(N)n3)c([2H])c2[2H])c([2H])c([2H])c1C. The molecule has 1 heterocycles. The molecule has 0 unspecified atom stereocenters. The zero-order valence-electron chi connectivity index (χ0n) is 26.7. The lowest BCUT2D eigenvalue weighted by molar-refractivity contribution is -0.115. The molecular weight excluding hydrogens is 382 g/mol. The van der Waals surface area contributed by atoms with Gasteiger partial charge in [0, 0.05) is 13.8 Å². The number of aliphatic hydroxyl groups is 1. The lowest BCUT2D eigenvalue weighted by Crippen LogP contribution is -2.14. The van der Waals surface area contributed by atoms with Crippen LogP contribution in [0, 0.1) is 6.92 Å². The van der Waals surface area contributed by atoms with Gasteiger partial charge in [-0.05, 0) is 49.4 Å². The van der Waals surface area contributed by atoms with Crippen molar-refractivity contribution in [2.45, 2.75) is 45.1 Å². The summed E-state index contributed by atoms with van der Waals surface area (Å²) in [4.78, 5) is 16.4. The molecule has 0 aliphatic rings. The number of anilines is 2. The minimum Gasteiger partial charge on any atom is -0.388 e. The maximum Gasteiger partial charge on any atom is 0.230 e. The van der Waals surface area contributed by atoms with Gasteiger partial charge in [-0.15, -0.1) is 11.3 Å². The average molecular weight is 421 g/mol. The molecule has 0 radical (unpaired) electrons. The van der Waals surface area contributed by atoms with E-state index in [1.165, 1.54) is 6.92 Å². The van der Waals surface area contributed by atoms with Crippen molar-refractivity contribution in [3.63, 3.8) is 0 Å². The molecule has 0 bridgehead atoms. The van der Waals surface area contributed by atoms with E-state index in [2.05, 4.69) is 10.3 Å². The van der Waals surface area contributed by atoms with Gasteiger partial charge in [0.1, 0.15) is 0 Å². The third-order valence-electron chi connectivity index (χ3n) is 3.74. The number of amides is 1. The van der Waals surface area contributed by atoms with Gasteiger partial charge >= 0.3 is 0 Å². The topological polar surface area (TPSA) is 88.2 Å². The average Bonchev–Trinajstić information content (AvgIpc) is 3.28. The van der Waals surface area contributed by atoms with Crippen LogP contribution >= 0.6 is 11.3 Å². The summed E-state index contributed by atoms with van der Waals surface area (Å²) in [5, 5.41) is 15.1. The van der Waals surface area contributed by atoms with E-state index in [4.69, 9.17) is 20.8 Å². The van der Waals surface area contributed by atoms with Crippen LogP contribution in [0.25, 0.3) is 0 Å². The Morgan fingerprint density at radius 1 is 1.28 bits per heavy atom. The van der Waals surface area contributed by atoms with E-state index in [0.29, 0.717) is 5.69 Å². The molecule has 29 heavy (non-hydrogen) atoms. The summed E-state index contributed by atoms with van der Waals surface area (Å²) in [5.41, 5.74) is 4.73. The highest BCUT2D eigenvalue weighted by Crippen LogP contribution is 2.21. The summed E-state index contributed by atoms with van der Waals surface area (Å²) >= 11 is 1.14. The van der Waals surface area contributed by atoms with Crippen molar-refractivity contribution in [1.29, 1.82) is 0 Å². The number of benzene rings is 2. The van der Waals surface area contributed by atoms with Crippen LogP contribution in [0.1, 0.15) is 62.8 Å². The Balaban J connectivity index is 1.81. The highest BCUT2D eigenvalue weighted by molar-refractivity contribution is 7.13. The second kappa shape index (κ2) is 10.2. The molecule has 0 saturated heterocycles. The van der Waals surface area contributed by atoms with Gasteiger partial charge in [0.25, 0.3) is 0 Å². The standard InChI is InChI=1S/C23H27N3O2S/c1-16-6-10-18(11-7-16)21(27)5-3-2-4-17-8-12-19(13-9-17)25-22(28)14-20-15-29-23(24)26-20/h6-13,15,21,27H,2-5,14H2,1H3,(H2,24,26)(H,25,28)/t21-/m0/s1/i5D2,6D,7D,8D,9D,10D,11D,12D,13D,21D. The molecule has 0 aliphatic carbocycles. The van der Waals surface area contributed by atoms with Crippen LogP contribution in [-0.4, -0.2) is 16.0 Å². The number of hydrogen-bond acceptors (Lipinski definition) is 5. The first-order valence-electron chi connectivity index (χ1n) is 14.3. The van der Waals surface area contributed by atoms with Crippen molar-refractivity contribution in [3.8, 4) is 0 Å². The van der Waals surface area contributed by atoms with Crippen molar-refractivity contribution < 1.29 is 25.0 Å². The third kappa shape index (κ3) is 6.69. The first-order chi connectivity index (χ1) is 18.4. The number of nitrogens with zero attached hydrogens (tertiary/aromatic N) is 1. The van der Waals surface area contributed by atoms with Gasteiger partial charge in [0.05, 0.1) is 30.5 Å². The normalized spacial score (nSPS) is 18.9. The predicted octanol–water partition coefficient (Wildman–Crippen LogP) is 4.66. The first kappa shape index (κ1) is 10.9. The summed E-state index contributed by atoms with van der Waals surface area (Å²) in [6, 6.07) is -4.36. The summed E-state index contributed by atoms with van der Waals surface area (Å²) in [6.07, 6.45) is -7.02. The number of nitrogens with one attached hydrogen (secondary N) is 1. The largest absolute Gasteiger partial charge is 0.388 e. The molecule has 152 valence electrons. The van der Waals surface area contributed by atoms with Crippen LogP contribution in [0.3, 0.4) is 0 Å². The molecule has 0 fully saturated rings. The van der Waals surface area contributed by atoms with Crippen molar-refractivity contribution in [1.82, 2.24) is 4.98 Å². The molecule has 1 atom stereocenters. The Kier molecular flexibility index (Phi) is 3.83. The molecule has 1 aromatic heterocycles. The Morgan fingerprint density at radius 3 is 2.66 bits per heavy atom. The molecule has 1 amide bonds. The highest BCUT2D eigenvalue weighted by atomic mass is 32.1. The van der Waals surface area contributed by atoms with Crippen molar-refractivity contribution in [3.05, 3.63) is 76.1 Å². The van der Waals surface area contributed by atoms with Crippen LogP contribution in [-0.2, 0) is 17.6 Å². The van der Waals surface area contributed by atoms with Gasteiger partial charge in [0.2, 0.25) is 5.91 Å². The van der Waals surface area contributed by atoms with Gasteiger partial charge < -0.3 is 16.2 Å². The Hall–Kier alpha value is -2.70. The van der Waals surface area contributed by atoms with E-state index >= 15 is 0 Å². The second-order valence-electron chi connectivity index (χ2n) is 6.13. The van der Waals surface area contributed by atoms with Crippen LogP contribution in [0.2, 0.25) is 0 Å². The van der Waals surface area contributed by atoms with E-state index in [1.807, 2.05) is 0 Å². The Morgan fingerprint density at radius 2 is 2.00 bits per heavy atom. The number of thiazole rings is 1. The van der Waals surface area contributed by atoms with E-state index in [1.54, 1.807) is 5.38 Å². The molecule has 0 spiro atoms. The molecule has 3 aromatic rings. The number of carbonyl (C=O) groups is 1. The number of aromatic nitrogens is 1. The van der Waals surface area contributed by atoms with Crippen LogP contribution in [0.5, 0.6) is 0 Å². The zero-order chi connectivity index (χ0) is 30.3. The van der Waals surface area contributed by atoms with Crippen molar-refractivity contribution in [2.75, 3.05) is 11.1 Å². The smallest absolute Gasteiger partial charge is 0.230 e. The second-order valence-corrected chi connectivity index (χ2v) is 7.02. The molecule has 0 saturated carbocycles. The van der Waals surface area contributed by atoms with E-state index in [9.17, 15) is 9.90 Å². The monoisotopic (exact) mass is 420 g/mol. The zero-order valence-corrected chi connectivity index (χ0v) is 16.5. The lowest BCUT2D eigenvalue weighted by atomic mass is 10.0. The van der Waals surface area contributed by atoms with Crippen LogP contribution in [0.15, 0.2) is 53.7 Å². The van der Waals surface area contributed by atoms with Gasteiger partial charge in [-0.3, -0.25) is 4.79 Å². The van der Waals surface area contributed by atoms with E-state index < -0.39 is 78.7 Å². The third-order valence-corrected chi connectivity index (χ3v) is 4.46. The molecule has 3 rings (SSSR count). The van der Waals surface area contributed by atoms with Gasteiger partial charge in [-0.1, -0.05) is 48.2 Å². The van der Waals surface area contributed by atoms with Crippen LogP contribution in [0.4, 0.5) is 10.8 Å². The van der Waals surface area contributed by atoms with Gasteiger partial charge in [-0.2, -0.15) is 0 Å². The fraction of sp³-hybridized carbons (Fsp3) is 0.304. The van der Waals surface area contributed by atoms with Crippen molar-refractivity contribution >= 4 is 28.1 Å². The summed E-state index contributed by atoms with van der Waals surface area (Å²) in [5.74, 6) is -0.618. The molecule has 4 N–H and O–H groups in total. The fourth-order valence-corrected chi connectivity index (χ4v) is 2.89. The minimum absolute atomic E-state index is 0.00840. The summed E-state index contributed by atoms with van der Waals surface area (Å²) in [7, 11) is 0. The predicted molar refractivity (Wildman–Crippen MR) is 119 cm³/mol. The van der Waals surface area contributed by atoms with Gasteiger partial charge in [-0.25, -0.2) is 4.98 Å². The number of hydrogen-bond donors (Lipinski definition) is 3.